The van der Waals surface area contributed by atoms with Gasteiger partial charge in [-0.1, -0.05) is 38.3 Å². The second kappa shape index (κ2) is 13.7. The summed E-state index contributed by atoms with van der Waals surface area (Å²) in [5.74, 6) is -2.80. The summed E-state index contributed by atoms with van der Waals surface area (Å²) in [6.45, 7) is 7.72. The Morgan fingerprint density at radius 1 is 1.03 bits per heavy atom. The molecule has 1 heterocycles. The predicted octanol–water partition coefficient (Wildman–Crippen LogP) is 3.96. The number of rotatable bonds is 14. The first-order valence-electron chi connectivity index (χ1n) is 12.3. The van der Waals surface area contributed by atoms with Crippen LogP contribution in [0.1, 0.15) is 72.6 Å². The summed E-state index contributed by atoms with van der Waals surface area (Å²) in [7, 11) is 0. The fourth-order valence-electron chi connectivity index (χ4n) is 4.44. The van der Waals surface area contributed by atoms with Gasteiger partial charge in [-0.05, 0) is 39.5 Å². The van der Waals surface area contributed by atoms with Crippen LogP contribution in [0.4, 0.5) is 0 Å². The van der Waals surface area contributed by atoms with E-state index >= 15 is 0 Å². The summed E-state index contributed by atoms with van der Waals surface area (Å²) in [5, 5.41) is 0. The van der Waals surface area contributed by atoms with Gasteiger partial charge in [0.2, 0.25) is 0 Å². The molecule has 188 valence electrons. The highest BCUT2D eigenvalue weighted by molar-refractivity contribution is 6.05. The molecule has 4 unspecified atom stereocenters. The second-order valence-corrected chi connectivity index (χ2v) is 8.60. The molecule has 1 saturated heterocycles. The van der Waals surface area contributed by atoms with Crippen molar-refractivity contribution in [3.63, 3.8) is 0 Å². The molecule has 1 saturated carbocycles. The van der Waals surface area contributed by atoms with Gasteiger partial charge in [-0.3, -0.25) is 14.4 Å². The van der Waals surface area contributed by atoms with Crippen LogP contribution in [0.15, 0.2) is 12.2 Å². The molecule has 8 heteroatoms. The first kappa shape index (κ1) is 27.3. The van der Waals surface area contributed by atoms with Crippen molar-refractivity contribution in [3.8, 4) is 0 Å². The van der Waals surface area contributed by atoms with Crippen LogP contribution >= 0.6 is 0 Å². The molecule has 8 nitrogen and oxygen atoms in total. The highest BCUT2D eigenvalue weighted by Gasteiger charge is 2.76. The summed E-state index contributed by atoms with van der Waals surface area (Å²) in [4.78, 5) is 37.3. The summed E-state index contributed by atoms with van der Waals surface area (Å²) in [6.07, 6.45) is 10.3. The van der Waals surface area contributed by atoms with E-state index in [9.17, 15) is 14.4 Å². The van der Waals surface area contributed by atoms with Gasteiger partial charge in [-0.25, -0.2) is 0 Å². The Morgan fingerprint density at radius 3 is 2.27 bits per heavy atom. The molecule has 0 N–H and O–H groups in total. The van der Waals surface area contributed by atoms with Crippen LogP contribution in [-0.2, 0) is 38.1 Å². The Labute approximate surface area is 197 Å². The van der Waals surface area contributed by atoms with Gasteiger partial charge in [-0.15, -0.1) is 0 Å². The second-order valence-electron chi connectivity index (χ2n) is 8.60. The maximum absolute atomic E-state index is 12.9. The molecule has 0 aromatic heterocycles. The van der Waals surface area contributed by atoms with Crippen molar-refractivity contribution in [1.29, 1.82) is 0 Å². The Morgan fingerprint density at radius 2 is 1.73 bits per heavy atom. The number of ether oxygens (including phenoxy) is 5. The van der Waals surface area contributed by atoms with Crippen molar-refractivity contribution in [2.75, 3.05) is 26.4 Å². The molecule has 0 amide bonds. The normalized spacial score (nSPS) is 24.8. The molecule has 33 heavy (non-hydrogen) atoms. The number of allylic oxidation sites excluding steroid dienone is 1. The van der Waals surface area contributed by atoms with Crippen LogP contribution in [0, 0.1) is 17.3 Å². The zero-order valence-electron chi connectivity index (χ0n) is 20.5. The van der Waals surface area contributed by atoms with E-state index in [0.29, 0.717) is 6.61 Å². The van der Waals surface area contributed by atoms with Crippen molar-refractivity contribution in [1.82, 2.24) is 0 Å². The number of esters is 3. The average Bonchev–Trinajstić information content (AvgIpc) is 3.45. The quantitative estimate of drug-likeness (QED) is 0.124. The van der Waals surface area contributed by atoms with E-state index in [1.165, 1.54) is 6.92 Å². The van der Waals surface area contributed by atoms with E-state index in [0.717, 1.165) is 44.9 Å². The monoisotopic (exact) mass is 468 g/mol. The molecule has 0 bridgehead atoms. The molecule has 2 fully saturated rings. The third-order valence-corrected chi connectivity index (χ3v) is 6.22. The molecule has 2 rings (SSSR count). The molecule has 0 spiro atoms. The fourth-order valence-corrected chi connectivity index (χ4v) is 4.44. The predicted molar refractivity (Wildman–Crippen MR) is 121 cm³/mol. The van der Waals surface area contributed by atoms with Crippen molar-refractivity contribution in [3.05, 3.63) is 12.2 Å². The van der Waals surface area contributed by atoms with Crippen LogP contribution < -0.4 is 0 Å². The third kappa shape index (κ3) is 7.27. The van der Waals surface area contributed by atoms with Gasteiger partial charge < -0.3 is 23.7 Å². The molecule has 0 radical (unpaired) electrons. The summed E-state index contributed by atoms with van der Waals surface area (Å²) < 4.78 is 27.6. The van der Waals surface area contributed by atoms with Gasteiger partial charge in [0.25, 0.3) is 0 Å². The van der Waals surface area contributed by atoms with Gasteiger partial charge in [0.05, 0.1) is 25.9 Å². The Kier molecular flexibility index (Phi) is 11.3. The molecular formula is C25H40O8. The van der Waals surface area contributed by atoms with E-state index in [1.807, 2.05) is 12.2 Å². The third-order valence-electron chi connectivity index (χ3n) is 6.22. The minimum absolute atomic E-state index is 0.0605. The van der Waals surface area contributed by atoms with E-state index in [1.54, 1.807) is 13.8 Å². The molecule has 0 aromatic carbocycles. The van der Waals surface area contributed by atoms with Crippen molar-refractivity contribution >= 4 is 17.9 Å². The van der Waals surface area contributed by atoms with Gasteiger partial charge in [0.1, 0.15) is 0 Å². The van der Waals surface area contributed by atoms with Gasteiger partial charge in [0.15, 0.2) is 11.7 Å². The number of carbonyl (C=O) groups is 3. The maximum atomic E-state index is 12.9. The lowest BCUT2D eigenvalue weighted by atomic mass is 10.0. The van der Waals surface area contributed by atoms with Crippen LogP contribution in [0.25, 0.3) is 0 Å². The SMILES string of the molecule is CCCCCC(/C=C/C1C(COC(C)=O)C1(C(=O)OCC)C(=O)OCC)OC1CCCCO1. The van der Waals surface area contributed by atoms with Gasteiger partial charge in [-0.2, -0.15) is 0 Å². The minimum atomic E-state index is -1.51. The lowest BCUT2D eigenvalue weighted by Gasteiger charge is -2.26. The molecule has 0 aromatic rings. The van der Waals surface area contributed by atoms with Crippen LogP contribution in [0.2, 0.25) is 0 Å². The number of unbranched alkanes of at least 4 members (excludes halogenated alkanes) is 2. The lowest BCUT2D eigenvalue weighted by molar-refractivity contribution is -0.179. The maximum Gasteiger partial charge on any atom is 0.324 e. The van der Waals surface area contributed by atoms with Crippen molar-refractivity contribution in [2.24, 2.45) is 17.3 Å². The van der Waals surface area contributed by atoms with Crippen LogP contribution in [0.3, 0.4) is 0 Å². The largest absolute Gasteiger partial charge is 0.466 e. The molecular weight excluding hydrogens is 428 g/mol. The Bertz CT molecular complexity index is 649. The minimum Gasteiger partial charge on any atom is -0.466 e. The molecule has 4 atom stereocenters. The summed E-state index contributed by atoms with van der Waals surface area (Å²) in [6, 6.07) is 0. The first-order chi connectivity index (χ1) is 15.9. The first-order valence-corrected chi connectivity index (χ1v) is 12.3. The van der Waals surface area contributed by atoms with Crippen LogP contribution in [0.5, 0.6) is 0 Å². The zero-order chi connectivity index (χ0) is 24.3. The van der Waals surface area contributed by atoms with E-state index in [2.05, 4.69) is 6.92 Å². The topological polar surface area (TPSA) is 97.4 Å². The summed E-state index contributed by atoms with van der Waals surface area (Å²) in [5.41, 5.74) is -1.51. The number of carbonyl (C=O) groups excluding carboxylic acids is 3. The number of hydrogen-bond donors (Lipinski definition) is 0. The highest BCUT2D eigenvalue weighted by atomic mass is 16.7. The number of hydrogen-bond acceptors (Lipinski definition) is 8. The average molecular weight is 469 g/mol. The summed E-state index contributed by atoms with van der Waals surface area (Å²) >= 11 is 0. The highest BCUT2D eigenvalue weighted by Crippen LogP contribution is 2.61. The molecule has 1 aliphatic carbocycles. The van der Waals surface area contributed by atoms with E-state index < -0.39 is 35.2 Å². The Hall–Kier alpha value is -1.93. The standard InChI is InChI=1S/C25H40O8/c1-5-8-9-12-19(33-22-13-10-11-16-31-22)14-15-20-21(17-32-18(4)26)25(20,23(27)29-6-2)24(28)30-7-3/h14-15,19-22H,5-13,16-17H2,1-4H3/b15-14+. The van der Waals surface area contributed by atoms with Gasteiger partial charge in [0, 0.05) is 25.4 Å². The van der Waals surface area contributed by atoms with Crippen molar-refractivity contribution in [2.45, 2.75) is 85.0 Å². The fraction of sp³-hybridized carbons (Fsp3) is 0.800. The van der Waals surface area contributed by atoms with E-state index in [-0.39, 0.29) is 32.2 Å². The smallest absolute Gasteiger partial charge is 0.324 e. The van der Waals surface area contributed by atoms with Crippen molar-refractivity contribution < 1.29 is 38.1 Å². The van der Waals surface area contributed by atoms with Crippen LogP contribution in [-0.4, -0.2) is 56.7 Å². The lowest BCUT2D eigenvalue weighted by Crippen LogP contribution is -2.34. The Balaban J connectivity index is 2.23. The van der Waals surface area contributed by atoms with Gasteiger partial charge >= 0.3 is 17.9 Å². The molecule has 1 aliphatic heterocycles. The molecule has 2 aliphatic rings. The van der Waals surface area contributed by atoms with E-state index in [4.69, 9.17) is 23.7 Å². The zero-order valence-corrected chi connectivity index (χ0v) is 20.5.